The number of ether oxygens (including phenoxy) is 1. The van der Waals surface area contributed by atoms with Gasteiger partial charge < -0.3 is 9.84 Å². The van der Waals surface area contributed by atoms with Crippen molar-refractivity contribution in [1.29, 1.82) is 0 Å². The molecule has 24 heavy (non-hydrogen) atoms. The molecule has 0 atom stereocenters. The molecule has 4 heteroatoms. The Morgan fingerprint density at radius 3 is 2.17 bits per heavy atom. The molecule has 1 fully saturated rings. The molecule has 0 unspecified atom stereocenters. The number of rotatable bonds is 5. The van der Waals surface area contributed by atoms with Gasteiger partial charge in [0.1, 0.15) is 5.60 Å². The average molecular weight is 332 g/mol. The smallest absolute Gasteiger partial charge is 0.335 e. The van der Waals surface area contributed by atoms with Crippen molar-refractivity contribution in [2.45, 2.75) is 70.8 Å². The van der Waals surface area contributed by atoms with Crippen LogP contribution in [0.3, 0.4) is 0 Å². The summed E-state index contributed by atoms with van der Waals surface area (Å²) in [7, 11) is 0. The van der Waals surface area contributed by atoms with Crippen molar-refractivity contribution in [2.24, 2.45) is 5.92 Å². The first-order valence-electron chi connectivity index (χ1n) is 8.79. The molecule has 2 rings (SSSR count). The number of hydrogen-bond donors (Lipinski definition) is 1. The molecule has 0 aromatic heterocycles. The Balaban J connectivity index is 1.77. The third kappa shape index (κ3) is 5.66. The second-order valence-electron chi connectivity index (χ2n) is 7.77. The molecule has 0 heterocycles. The fourth-order valence-corrected chi connectivity index (χ4v) is 3.40. The van der Waals surface area contributed by atoms with E-state index in [-0.39, 0.29) is 5.97 Å². The lowest BCUT2D eigenvalue weighted by Crippen LogP contribution is -2.24. The highest BCUT2D eigenvalue weighted by molar-refractivity contribution is 5.87. The fourth-order valence-electron chi connectivity index (χ4n) is 3.40. The van der Waals surface area contributed by atoms with Gasteiger partial charge in [0, 0.05) is 6.42 Å². The molecule has 4 nitrogen and oxygen atoms in total. The summed E-state index contributed by atoms with van der Waals surface area (Å²) in [6.45, 7) is 5.68. The Bertz CT molecular complexity index is 560. The predicted octanol–water partition coefficient (Wildman–Crippen LogP) is 4.78. The maximum Gasteiger partial charge on any atom is 0.335 e. The maximum absolute atomic E-state index is 11.8. The van der Waals surface area contributed by atoms with Crippen LogP contribution in [0, 0.1) is 5.92 Å². The van der Waals surface area contributed by atoms with Gasteiger partial charge in [0.25, 0.3) is 0 Å². The van der Waals surface area contributed by atoms with Gasteiger partial charge in [-0.2, -0.15) is 0 Å². The minimum atomic E-state index is -0.882. The molecule has 1 N–H and O–H groups in total. The van der Waals surface area contributed by atoms with Crippen LogP contribution in [0.15, 0.2) is 24.3 Å². The van der Waals surface area contributed by atoms with Crippen LogP contribution in [0.4, 0.5) is 0 Å². The molecule has 0 amide bonds. The lowest BCUT2D eigenvalue weighted by molar-refractivity contribution is -0.155. The first-order valence-corrected chi connectivity index (χ1v) is 8.79. The van der Waals surface area contributed by atoms with E-state index in [0.29, 0.717) is 23.8 Å². The number of esters is 1. The highest BCUT2D eigenvalue weighted by Crippen LogP contribution is 2.37. The number of carboxylic acids is 1. The van der Waals surface area contributed by atoms with Gasteiger partial charge in [-0.15, -0.1) is 0 Å². The standard InChI is InChI=1S/C20H28O4/c1-20(2,3)24-18(21)13-6-14-4-7-15(8-5-14)16-9-11-17(12-10-16)19(22)23/h9-12,14-15H,4-8,13H2,1-3H3,(H,22,23)/t14-,15-. The average Bonchev–Trinajstić information content (AvgIpc) is 2.52. The number of hydrogen-bond acceptors (Lipinski definition) is 3. The zero-order chi connectivity index (χ0) is 17.7. The number of benzene rings is 1. The van der Waals surface area contributed by atoms with E-state index < -0.39 is 11.6 Å². The monoisotopic (exact) mass is 332 g/mol. The zero-order valence-corrected chi connectivity index (χ0v) is 14.9. The Hall–Kier alpha value is -1.84. The summed E-state index contributed by atoms with van der Waals surface area (Å²) >= 11 is 0. The highest BCUT2D eigenvalue weighted by Gasteiger charge is 2.24. The highest BCUT2D eigenvalue weighted by atomic mass is 16.6. The van der Waals surface area contributed by atoms with Gasteiger partial charge in [0.15, 0.2) is 0 Å². The van der Waals surface area contributed by atoms with Crippen molar-refractivity contribution < 1.29 is 19.4 Å². The number of aromatic carboxylic acids is 1. The van der Waals surface area contributed by atoms with Crippen molar-refractivity contribution in [3.8, 4) is 0 Å². The minimum absolute atomic E-state index is 0.103. The SMILES string of the molecule is CC(C)(C)OC(=O)CC[C@H]1CC[C@H](c2ccc(C(=O)O)cc2)CC1. The van der Waals surface area contributed by atoms with Gasteiger partial charge in [0.05, 0.1) is 5.56 Å². The summed E-state index contributed by atoms with van der Waals surface area (Å²) in [6.07, 6.45) is 5.85. The Kier molecular flexibility index (Phi) is 6.03. The van der Waals surface area contributed by atoms with Crippen molar-refractivity contribution in [2.75, 3.05) is 0 Å². The molecule has 132 valence electrons. The number of carbonyl (C=O) groups is 2. The molecule has 1 aliphatic carbocycles. The van der Waals surface area contributed by atoms with E-state index >= 15 is 0 Å². The molecule has 0 spiro atoms. The summed E-state index contributed by atoms with van der Waals surface area (Å²) in [4.78, 5) is 22.7. The molecule has 0 saturated heterocycles. The van der Waals surface area contributed by atoms with Crippen molar-refractivity contribution >= 4 is 11.9 Å². The molecule has 0 aliphatic heterocycles. The first kappa shape index (κ1) is 18.5. The molecular formula is C20H28O4. The molecule has 0 radical (unpaired) electrons. The quantitative estimate of drug-likeness (QED) is 0.788. The van der Waals surface area contributed by atoms with Crippen LogP contribution in [-0.2, 0) is 9.53 Å². The van der Waals surface area contributed by atoms with Crippen LogP contribution in [-0.4, -0.2) is 22.6 Å². The van der Waals surface area contributed by atoms with E-state index in [1.54, 1.807) is 12.1 Å². The zero-order valence-electron chi connectivity index (χ0n) is 14.9. The topological polar surface area (TPSA) is 63.6 Å². The Morgan fingerprint density at radius 1 is 1.08 bits per heavy atom. The van der Waals surface area contributed by atoms with Gasteiger partial charge >= 0.3 is 11.9 Å². The third-order valence-electron chi connectivity index (χ3n) is 4.65. The van der Waals surface area contributed by atoms with Crippen LogP contribution in [0.25, 0.3) is 0 Å². The third-order valence-corrected chi connectivity index (χ3v) is 4.65. The fraction of sp³-hybridized carbons (Fsp3) is 0.600. The van der Waals surface area contributed by atoms with E-state index in [2.05, 4.69) is 0 Å². The number of carboxylic acid groups (broad SMARTS) is 1. The summed E-state index contributed by atoms with van der Waals surface area (Å²) in [5.41, 5.74) is 1.16. The van der Waals surface area contributed by atoms with Gasteiger partial charge in [-0.3, -0.25) is 4.79 Å². The summed E-state index contributed by atoms with van der Waals surface area (Å²) in [5, 5.41) is 8.96. The lowest BCUT2D eigenvalue weighted by Gasteiger charge is -2.29. The van der Waals surface area contributed by atoms with Crippen molar-refractivity contribution in [1.82, 2.24) is 0 Å². The van der Waals surface area contributed by atoms with E-state index in [1.165, 1.54) is 5.56 Å². The van der Waals surface area contributed by atoms with Crippen LogP contribution >= 0.6 is 0 Å². The van der Waals surface area contributed by atoms with Crippen LogP contribution < -0.4 is 0 Å². The summed E-state index contributed by atoms with van der Waals surface area (Å²) < 4.78 is 5.36. The largest absolute Gasteiger partial charge is 0.478 e. The predicted molar refractivity (Wildman–Crippen MR) is 93.2 cm³/mol. The molecule has 0 bridgehead atoms. The van der Waals surface area contributed by atoms with Gasteiger partial charge in [-0.05, 0) is 82.4 Å². The molecular weight excluding hydrogens is 304 g/mol. The van der Waals surface area contributed by atoms with E-state index in [9.17, 15) is 9.59 Å². The van der Waals surface area contributed by atoms with E-state index in [0.717, 1.165) is 32.1 Å². The first-order chi connectivity index (χ1) is 11.2. The molecule has 1 aliphatic rings. The maximum atomic E-state index is 11.8. The van der Waals surface area contributed by atoms with Gasteiger partial charge in [0.2, 0.25) is 0 Å². The van der Waals surface area contributed by atoms with Crippen LogP contribution in [0.1, 0.15) is 81.1 Å². The Morgan fingerprint density at radius 2 is 1.67 bits per heavy atom. The number of carbonyl (C=O) groups excluding carboxylic acids is 1. The molecule has 1 aromatic rings. The second kappa shape index (κ2) is 7.82. The van der Waals surface area contributed by atoms with Crippen LogP contribution in [0.2, 0.25) is 0 Å². The normalized spacial score (nSPS) is 21.3. The molecule has 1 aromatic carbocycles. The summed E-state index contributed by atoms with van der Waals surface area (Å²) in [6, 6.07) is 7.25. The van der Waals surface area contributed by atoms with Gasteiger partial charge in [-0.25, -0.2) is 4.79 Å². The van der Waals surface area contributed by atoms with Crippen LogP contribution in [0.5, 0.6) is 0 Å². The second-order valence-corrected chi connectivity index (χ2v) is 7.77. The van der Waals surface area contributed by atoms with Gasteiger partial charge in [-0.1, -0.05) is 12.1 Å². The summed E-state index contributed by atoms with van der Waals surface area (Å²) in [5.74, 6) is 0.110. The molecule has 1 saturated carbocycles. The minimum Gasteiger partial charge on any atom is -0.478 e. The van der Waals surface area contributed by atoms with Crippen molar-refractivity contribution in [3.63, 3.8) is 0 Å². The van der Waals surface area contributed by atoms with Crippen molar-refractivity contribution in [3.05, 3.63) is 35.4 Å². The van der Waals surface area contributed by atoms with E-state index in [4.69, 9.17) is 9.84 Å². The lowest BCUT2D eigenvalue weighted by atomic mass is 9.77. The Labute approximate surface area is 144 Å². The van der Waals surface area contributed by atoms with E-state index in [1.807, 2.05) is 32.9 Å².